The lowest BCUT2D eigenvalue weighted by Crippen LogP contribution is -2.50. The molecule has 2 amide bonds. The number of carbonyl (C=O) groups is 2. The lowest BCUT2D eigenvalue weighted by atomic mass is 9.89. The van der Waals surface area contributed by atoms with Gasteiger partial charge in [-0.2, -0.15) is 0 Å². The SMILES string of the molecule is O=C(Nc1nc2c(s1)CCCC2C(=O)N1CCN(c2ccccn2)CC1)Oc1ccoc1. The molecule has 4 heterocycles. The van der Waals surface area contributed by atoms with E-state index in [2.05, 4.69) is 20.2 Å². The number of piperazine rings is 1. The first-order chi connectivity index (χ1) is 15.7. The number of nitrogens with zero attached hydrogens (tertiary/aromatic N) is 4. The molecular weight excluding hydrogens is 430 g/mol. The maximum atomic E-state index is 13.3. The summed E-state index contributed by atoms with van der Waals surface area (Å²) in [5.41, 5.74) is 0.789. The van der Waals surface area contributed by atoms with Crippen molar-refractivity contribution in [3.8, 4) is 5.75 Å². The van der Waals surface area contributed by atoms with Crippen LogP contribution in [0.15, 0.2) is 47.4 Å². The van der Waals surface area contributed by atoms with Gasteiger partial charge in [0.05, 0.1) is 17.9 Å². The van der Waals surface area contributed by atoms with Crippen molar-refractivity contribution in [1.82, 2.24) is 14.9 Å². The van der Waals surface area contributed by atoms with Gasteiger partial charge in [0, 0.05) is 43.3 Å². The molecule has 3 aromatic heterocycles. The number of hydrogen-bond donors (Lipinski definition) is 1. The van der Waals surface area contributed by atoms with E-state index in [1.54, 1.807) is 12.3 Å². The highest BCUT2D eigenvalue weighted by atomic mass is 32.1. The molecule has 5 rings (SSSR count). The topological polar surface area (TPSA) is 101 Å². The Labute approximate surface area is 189 Å². The summed E-state index contributed by atoms with van der Waals surface area (Å²) in [5, 5.41) is 3.11. The van der Waals surface area contributed by atoms with Crippen molar-refractivity contribution in [1.29, 1.82) is 0 Å². The van der Waals surface area contributed by atoms with Crippen LogP contribution in [0.2, 0.25) is 0 Å². The van der Waals surface area contributed by atoms with Crippen molar-refractivity contribution in [2.24, 2.45) is 0 Å². The highest BCUT2D eigenvalue weighted by Gasteiger charge is 2.34. The number of aromatic nitrogens is 2. The van der Waals surface area contributed by atoms with Gasteiger partial charge in [0.1, 0.15) is 12.1 Å². The average Bonchev–Trinajstić information content (AvgIpc) is 3.48. The molecule has 1 N–H and O–H groups in total. The monoisotopic (exact) mass is 453 g/mol. The Morgan fingerprint density at radius 3 is 2.81 bits per heavy atom. The number of amides is 2. The van der Waals surface area contributed by atoms with Gasteiger partial charge in [0.2, 0.25) is 5.91 Å². The van der Waals surface area contributed by atoms with Crippen LogP contribution in [0.1, 0.15) is 29.3 Å². The molecule has 1 aliphatic carbocycles. The van der Waals surface area contributed by atoms with E-state index in [1.165, 1.54) is 23.9 Å². The molecule has 1 atom stereocenters. The largest absolute Gasteiger partial charge is 0.469 e. The molecule has 10 heteroatoms. The second-order valence-electron chi connectivity index (χ2n) is 7.75. The zero-order chi connectivity index (χ0) is 21.9. The molecule has 0 saturated carbocycles. The van der Waals surface area contributed by atoms with Gasteiger partial charge in [-0.25, -0.2) is 14.8 Å². The average molecular weight is 454 g/mol. The van der Waals surface area contributed by atoms with E-state index in [0.717, 1.165) is 48.7 Å². The van der Waals surface area contributed by atoms with Gasteiger partial charge in [-0.05, 0) is 31.4 Å². The zero-order valence-electron chi connectivity index (χ0n) is 17.4. The van der Waals surface area contributed by atoms with Crippen LogP contribution in [0, 0.1) is 0 Å². The first-order valence-electron chi connectivity index (χ1n) is 10.6. The first kappa shape index (κ1) is 20.5. The van der Waals surface area contributed by atoms with E-state index in [-0.39, 0.29) is 11.8 Å². The quantitative estimate of drug-likeness (QED) is 0.645. The predicted octanol–water partition coefficient (Wildman–Crippen LogP) is 3.51. The Morgan fingerprint density at radius 1 is 1.19 bits per heavy atom. The summed E-state index contributed by atoms with van der Waals surface area (Å²) in [6.07, 6.45) is 6.49. The molecule has 1 saturated heterocycles. The molecule has 1 fully saturated rings. The smallest absolute Gasteiger partial charge is 0.419 e. The minimum atomic E-state index is -0.633. The van der Waals surface area contributed by atoms with E-state index in [9.17, 15) is 9.59 Å². The third-order valence-corrected chi connectivity index (χ3v) is 6.78. The van der Waals surface area contributed by atoms with Gasteiger partial charge >= 0.3 is 6.09 Å². The normalized spacial score (nSPS) is 18.2. The van der Waals surface area contributed by atoms with Gasteiger partial charge < -0.3 is 19.0 Å². The summed E-state index contributed by atoms with van der Waals surface area (Å²) in [5.74, 6) is 1.11. The fourth-order valence-corrected chi connectivity index (χ4v) is 5.21. The number of ether oxygens (including phenoxy) is 1. The summed E-state index contributed by atoms with van der Waals surface area (Å²) in [6.45, 7) is 2.83. The number of pyridine rings is 1. The van der Waals surface area contributed by atoms with Crippen molar-refractivity contribution >= 4 is 34.3 Å². The highest BCUT2D eigenvalue weighted by molar-refractivity contribution is 7.15. The summed E-state index contributed by atoms with van der Waals surface area (Å²) in [6, 6.07) is 7.42. The Balaban J connectivity index is 1.23. The maximum Gasteiger partial charge on any atom is 0.419 e. The van der Waals surface area contributed by atoms with Crippen molar-refractivity contribution < 1.29 is 18.7 Å². The van der Waals surface area contributed by atoms with E-state index in [0.29, 0.717) is 24.0 Å². The molecule has 0 radical (unpaired) electrons. The van der Waals surface area contributed by atoms with E-state index in [1.807, 2.05) is 23.1 Å². The fraction of sp³-hybridized carbons (Fsp3) is 0.364. The summed E-state index contributed by atoms with van der Waals surface area (Å²) < 4.78 is 10.0. The Hall–Kier alpha value is -3.40. The lowest BCUT2D eigenvalue weighted by Gasteiger charge is -2.37. The number of aryl methyl sites for hydroxylation is 1. The van der Waals surface area contributed by atoms with Gasteiger partial charge in [0.15, 0.2) is 10.9 Å². The van der Waals surface area contributed by atoms with Gasteiger partial charge in [-0.1, -0.05) is 6.07 Å². The van der Waals surface area contributed by atoms with Crippen molar-refractivity contribution in [2.45, 2.75) is 25.2 Å². The van der Waals surface area contributed by atoms with Crippen LogP contribution < -0.4 is 15.0 Å². The van der Waals surface area contributed by atoms with Crippen LogP contribution >= 0.6 is 11.3 Å². The van der Waals surface area contributed by atoms with Crippen molar-refractivity contribution in [3.05, 3.63) is 53.6 Å². The summed E-state index contributed by atoms with van der Waals surface area (Å²) in [4.78, 5) is 39.6. The Kier molecular flexibility index (Phi) is 5.76. The Morgan fingerprint density at radius 2 is 2.06 bits per heavy atom. The fourth-order valence-electron chi connectivity index (χ4n) is 4.16. The number of rotatable bonds is 4. The van der Waals surface area contributed by atoms with Crippen molar-refractivity contribution in [2.75, 3.05) is 36.4 Å². The second-order valence-corrected chi connectivity index (χ2v) is 8.83. The number of fused-ring (bicyclic) bond motifs is 1. The predicted molar refractivity (Wildman–Crippen MR) is 119 cm³/mol. The van der Waals surface area contributed by atoms with Gasteiger partial charge in [0.25, 0.3) is 0 Å². The number of thiazole rings is 1. The third-order valence-electron chi connectivity index (χ3n) is 5.73. The number of nitrogens with one attached hydrogen (secondary N) is 1. The van der Waals surface area contributed by atoms with E-state index < -0.39 is 6.09 Å². The Bertz CT molecular complexity index is 1080. The second kappa shape index (κ2) is 8.99. The minimum absolute atomic E-state index is 0.115. The van der Waals surface area contributed by atoms with Crippen LogP contribution in [-0.2, 0) is 11.2 Å². The van der Waals surface area contributed by atoms with Gasteiger partial charge in [-0.15, -0.1) is 11.3 Å². The minimum Gasteiger partial charge on any atom is -0.469 e. The molecule has 0 aromatic carbocycles. The third kappa shape index (κ3) is 4.31. The maximum absolute atomic E-state index is 13.3. The van der Waals surface area contributed by atoms with Crippen LogP contribution in [0.25, 0.3) is 0 Å². The first-order valence-corrected chi connectivity index (χ1v) is 11.4. The van der Waals surface area contributed by atoms with Crippen LogP contribution in [-0.4, -0.2) is 53.0 Å². The molecule has 2 aliphatic rings. The molecule has 32 heavy (non-hydrogen) atoms. The van der Waals surface area contributed by atoms with Crippen LogP contribution in [0.3, 0.4) is 0 Å². The highest BCUT2D eigenvalue weighted by Crippen LogP contribution is 2.38. The standard InChI is InChI=1S/C22H23N5O4S/c28-20(27-11-9-26(10-12-27)18-6-1-2-8-23-18)16-4-3-5-17-19(16)24-21(32-17)25-22(29)31-15-7-13-30-14-15/h1-2,6-8,13-14,16H,3-5,9-12H2,(H,24,25,29). The van der Waals surface area contributed by atoms with Crippen LogP contribution in [0.5, 0.6) is 5.75 Å². The number of hydrogen-bond acceptors (Lipinski definition) is 8. The molecule has 166 valence electrons. The molecule has 9 nitrogen and oxygen atoms in total. The summed E-state index contributed by atoms with van der Waals surface area (Å²) in [7, 11) is 0. The molecule has 1 aliphatic heterocycles. The molecule has 1 unspecified atom stereocenters. The molecular formula is C22H23N5O4S. The number of furan rings is 1. The molecule has 0 spiro atoms. The number of carbonyl (C=O) groups excluding carboxylic acids is 2. The summed E-state index contributed by atoms with van der Waals surface area (Å²) >= 11 is 1.41. The molecule has 3 aromatic rings. The zero-order valence-corrected chi connectivity index (χ0v) is 18.2. The van der Waals surface area contributed by atoms with E-state index in [4.69, 9.17) is 9.15 Å². The van der Waals surface area contributed by atoms with Gasteiger partial charge in [-0.3, -0.25) is 10.1 Å². The molecule has 0 bridgehead atoms. The number of anilines is 2. The van der Waals surface area contributed by atoms with E-state index >= 15 is 0 Å². The van der Waals surface area contributed by atoms with Crippen molar-refractivity contribution in [3.63, 3.8) is 0 Å². The lowest BCUT2D eigenvalue weighted by molar-refractivity contribution is -0.133. The van der Waals surface area contributed by atoms with Crippen LogP contribution in [0.4, 0.5) is 15.7 Å².